The molecule has 0 fully saturated rings. The lowest BCUT2D eigenvalue weighted by molar-refractivity contribution is -0.149. The molecular formula is C20H20N4O4. The maximum Gasteiger partial charge on any atom is 0.328 e. The Bertz CT molecular complexity index is 984. The summed E-state index contributed by atoms with van der Waals surface area (Å²) >= 11 is 0. The molecule has 1 heterocycles. The van der Waals surface area contributed by atoms with Crippen molar-refractivity contribution in [2.24, 2.45) is 0 Å². The molecule has 1 unspecified atom stereocenters. The SMILES string of the molecule is CC(=O)C(Cc1ccccc1)NC(=O)COC(=O)Cn1nnc2ccccc21. The van der Waals surface area contributed by atoms with Crippen LogP contribution in [0.4, 0.5) is 0 Å². The summed E-state index contributed by atoms with van der Waals surface area (Å²) in [5.41, 5.74) is 2.29. The summed E-state index contributed by atoms with van der Waals surface area (Å²) in [7, 11) is 0. The molecule has 3 aromatic rings. The smallest absolute Gasteiger partial charge is 0.328 e. The van der Waals surface area contributed by atoms with E-state index in [1.165, 1.54) is 11.6 Å². The number of nitrogens with one attached hydrogen (secondary N) is 1. The third-order valence-corrected chi connectivity index (χ3v) is 4.17. The molecule has 0 aliphatic heterocycles. The number of nitrogens with zero attached hydrogens (tertiary/aromatic N) is 3. The maximum atomic E-state index is 12.1. The minimum absolute atomic E-state index is 0.159. The minimum atomic E-state index is -0.673. The van der Waals surface area contributed by atoms with E-state index in [0.29, 0.717) is 17.5 Å². The number of amides is 1. The van der Waals surface area contributed by atoms with Crippen LogP contribution in [-0.2, 0) is 32.1 Å². The van der Waals surface area contributed by atoms with Crippen molar-refractivity contribution >= 4 is 28.7 Å². The van der Waals surface area contributed by atoms with Crippen LogP contribution in [0, 0.1) is 0 Å². The average Bonchev–Trinajstić information content (AvgIpc) is 3.09. The molecule has 2 aromatic carbocycles. The van der Waals surface area contributed by atoms with Crippen LogP contribution in [0.1, 0.15) is 12.5 Å². The zero-order valence-electron chi connectivity index (χ0n) is 15.4. The molecule has 0 saturated heterocycles. The lowest BCUT2D eigenvalue weighted by atomic mass is 10.0. The molecule has 0 aliphatic rings. The predicted octanol–water partition coefficient (Wildman–Crippen LogP) is 1.29. The Morgan fingerprint density at radius 3 is 2.54 bits per heavy atom. The van der Waals surface area contributed by atoms with Gasteiger partial charge in [-0.3, -0.25) is 14.4 Å². The van der Waals surface area contributed by atoms with Crippen LogP contribution >= 0.6 is 0 Å². The Morgan fingerprint density at radius 1 is 1.07 bits per heavy atom. The summed E-state index contributed by atoms with van der Waals surface area (Å²) in [5, 5.41) is 10.5. The number of rotatable bonds is 8. The number of benzene rings is 2. The summed E-state index contributed by atoms with van der Waals surface area (Å²) < 4.78 is 6.41. The number of aromatic nitrogens is 3. The van der Waals surface area contributed by atoms with Gasteiger partial charge in [-0.2, -0.15) is 0 Å². The van der Waals surface area contributed by atoms with E-state index < -0.39 is 24.5 Å². The lowest BCUT2D eigenvalue weighted by Gasteiger charge is -2.16. The number of ether oxygens (including phenoxy) is 1. The Hall–Kier alpha value is -3.55. The van der Waals surface area contributed by atoms with Crippen LogP contribution in [0.3, 0.4) is 0 Å². The van der Waals surface area contributed by atoms with Crippen LogP contribution < -0.4 is 5.32 Å². The molecule has 1 amide bonds. The highest BCUT2D eigenvalue weighted by Crippen LogP contribution is 2.09. The molecule has 0 bridgehead atoms. The van der Waals surface area contributed by atoms with Crippen LogP contribution in [0.15, 0.2) is 54.6 Å². The third-order valence-electron chi connectivity index (χ3n) is 4.17. The fraction of sp³-hybridized carbons (Fsp3) is 0.250. The van der Waals surface area contributed by atoms with E-state index in [1.807, 2.05) is 42.5 Å². The monoisotopic (exact) mass is 380 g/mol. The number of Topliss-reactive ketones (excluding diaryl/α,β-unsaturated/α-hetero) is 1. The molecule has 1 N–H and O–H groups in total. The van der Waals surface area contributed by atoms with Gasteiger partial charge in [0.15, 0.2) is 12.4 Å². The molecule has 144 valence electrons. The maximum absolute atomic E-state index is 12.1. The van der Waals surface area contributed by atoms with Crippen LogP contribution in [0.25, 0.3) is 11.0 Å². The average molecular weight is 380 g/mol. The summed E-state index contributed by atoms with van der Waals surface area (Å²) in [6.07, 6.45) is 0.376. The van der Waals surface area contributed by atoms with Crippen LogP contribution in [-0.4, -0.2) is 45.3 Å². The molecular weight excluding hydrogens is 360 g/mol. The van der Waals surface area contributed by atoms with E-state index in [1.54, 1.807) is 12.1 Å². The molecule has 28 heavy (non-hydrogen) atoms. The largest absolute Gasteiger partial charge is 0.454 e. The molecule has 1 atom stereocenters. The number of esters is 1. The van der Waals surface area contributed by atoms with Gasteiger partial charge in [0.2, 0.25) is 0 Å². The molecule has 3 rings (SSSR count). The standard InChI is InChI=1S/C20H20N4O4/c1-14(25)17(11-15-7-3-2-4-8-15)21-19(26)13-28-20(27)12-24-18-10-6-5-9-16(18)22-23-24/h2-10,17H,11-13H2,1H3,(H,21,26). The van der Waals surface area contributed by atoms with Crippen molar-refractivity contribution in [3.63, 3.8) is 0 Å². The molecule has 1 aromatic heterocycles. The number of ketones is 1. The summed E-state index contributed by atoms with van der Waals surface area (Å²) in [5.74, 6) is -1.32. The van der Waals surface area contributed by atoms with Crippen molar-refractivity contribution in [3.05, 3.63) is 60.2 Å². The Kier molecular flexibility index (Phi) is 6.11. The first-order valence-electron chi connectivity index (χ1n) is 8.80. The van der Waals surface area contributed by atoms with Gasteiger partial charge in [-0.25, -0.2) is 4.68 Å². The van der Waals surface area contributed by atoms with Crippen LogP contribution in [0.2, 0.25) is 0 Å². The topological polar surface area (TPSA) is 103 Å². The van der Waals surface area contributed by atoms with Crippen molar-refractivity contribution in [2.75, 3.05) is 6.61 Å². The van der Waals surface area contributed by atoms with Crippen molar-refractivity contribution < 1.29 is 19.1 Å². The second kappa shape index (κ2) is 8.90. The first-order chi connectivity index (χ1) is 13.5. The van der Waals surface area contributed by atoms with Gasteiger partial charge in [0, 0.05) is 0 Å². The second-order valence-electron chi connectivity index (χ2n) is 6.32. The number of para-hydroxylation sites is 1. The van der Waals surface area contributed by atoms with E-state index >= 15 is 0 Å². The van der Waals surface area contributed by atoms with Gasteiger partial charge in [-0.15, -0.1) is 5.10 Å². The number of carbonyl (C=O) groups excluding carboxylic acids is 3. The normalized spacial score (nSPS) is 11.8. The van der Waals surface area contributed by atoms with Gasteiger partial charge >= 0.3 is 5.97 Å². The summed E-state index contributed by atoms with van der Waals surface area (Å²) in [4.78, 5) is 35.9. The Balaban J connectivity index is 1.51. The zero-order chi connectivity index (χ0) is 19.9. The van der Waals surface area contributed by atoms with Gasteiger partial charge < -0.3 is 10.1 Å². The third kappa shape index (κ3) is 5.00. The van der Waals surface area contributed by atoms with E-state index in [0.717, 1.165) is 5.56 Å². The fourth-order valence-corrected chi connectivity index (χ4v) is 2.73. The first-order valence-corrected chi connectivity index (χ1v) is 8.80. The number of hydrogen-bond donors (Lipinski definition) is 1. The highest BCUT2D eigenvalue weighted by atomic mass is 16.5. The van der Waals surface area contributed by atoms with Crippen molar-refractivity contribution in [2.45, 2.75) is 25.9 Å². The number of fused-ring (bicyclic) bond motifs is 1. The Labute approximate surface area is 161 Å². The van der Waals surface area contributed by atoms with E-state index in [-0.39, 0.29) is 12.3 Å². The molecule has 8 heteroatoms. The fourth-order valence-electron chi connectivity index (χ4n) is 2.73. The first kappa shape index (κ1) is 19.2. The predicted molar refractivity (Wildman–Crippen MR) is 101 cm³/mol. The Morgan fingerprint density at radius 2 is 1.79 bits per heavy atom. The number of hydrogen-bond acceptors (Lipinski definition) is 6. The summed E-state index contributed by atoms with van der Waals surface area (Å²) in [6.45, 7) is 0.785. The second-order valence-corrected chi connectivity index (χ2v) is 6.32. The van der Waals surface area contributed by atoms with Crippen molar-refractivity contribution in [1.82, 2.24) is 20.3 Å². The van der Waals surface area contributed by atoms with Gasteiger partial charge in [0.1, 0.15) is 12.1 Å². The molecule has 0 aliphatic carbocycles. The lowest BCUT2D eigenvalue weighted by Crippen LogP contribution is -2.43. The molecule has 0 saturated carbocycles. The van der Waals surface area contributed by atoms with Gasteiger partial charge in [-0.05, 0) is 31.0 Å². The van der Waals surface area contributed by atoms with Crippen LogP contribution in [0.5, 0.6) is 0 Å². The minimum Gasteiger partial charge on any atom is -0.454 e. The van der Waals surface area contributed by atoms with Crippen molar-refractivity contribution in [1.29, 1.82) is 0 Å². The number of carbonyl (C=O) groups is 3. The van der Waals surface area contributed by atoms with Gasteiger partial charge in [-0.1, -0.05) is 47.7 Å². The molecule has 8 nitrogen and oxygen atoms in total. The van der Waals surface area contributed by atoms with E-state index in [4.69, 9.17) is 4.74 Å². The van der Waals surface area contributed by atoms with Gasteiger partial charge in [0.05, 0.1) is 11.6 Å². The highest BCUT2D eigenvalue weighted by Gasteiger charge is 2.19. The molecule has 0 spiro atoms. The summed E-state index contributed by atoms with van der Waals surface area (Å²) in [6, 6.07) is 15.9. The highest BCUT2D eigenvalue weighted by molar-refractivity contribution is 5.89. The molecule has 0 radical (unpaired) electrons. The van der Waals surface area contributed by atoms with E-state index in [9.17, 15) is 14.4 Å². The zero-order valence-corrected chi connectivity index (χ0v) is 15.4. The quantitative estimate of drug-likeness (QED) is 0.591. The van der Waals surface area contributed by atoms with Crippen molar-refractivity contribution in [3.8, 4) is 0 Å². The van der Waals surface area contributed by atoms with Gasteiger partial charge in [0.25, 0.3) is 5.91 Å². The van der Waals surface area contributed by atoms with E-state index in [2.05, 4.69) is 15.6 Å².